The standard InChI is InChI=1S/C28H32N2O5/c1-28(26(32)33)14-7-15-30(28)25(31)23(18-8-6-9-18)16-29-27(34)35-17-24-21-12-4-2-10-19(21)20-11-3-5-13-22(20)24/h2-5,10-13,18,23-24H,6-9,14-17H2,1H3,(H,29,34)(H,32,33)/t23?,28-/m0/s1. The maximum absolute atomic E-state index is 13.4. The first-order valence-electron chi connectivity index (χ1n) is 12.5. The summed E-state index contributed by atoms with van der Waals surface area (Å²) in [6.45, 7) is 2.43. The fraction of sp³-hybridized carbons (Fsp3) is 0.464. The first-order valence-corrected chi connectivity index (χ1v) is 12.5. The Morgan fingerprint density at radius 3 is 2.26 bits per heavy atom. The SMILES string of the molecule is C[C@@]1(C(=O)O)CCCN1C(=O)C(CNC(=O)OCC1c2ccccc2-c2ccccc21)C1CCC1. The molecule has 1 unspecified atom stereocenters. The van der Waals surface area contributed by atoms with Crippen molar-refractivity contribution in [1.82, 2.24) is 10.2 Å². The van der Waals surface area contributed by atoms with Gasteiger partial charge in [-0.15, -0.1) is 0 Å². The van der Waals surface area contributed by atoms with Crippen molar-refractivity contribution in [3.05, 3.63) is 59.7 Å². The highest BCUT2D eigenvalue weighted by Crippen LogP contribution is 2.44. The minimum absolute atomic E-state index is 0.0296. The number of carboxylic acids is 1. The van der Waals surface area contributed by atoms with E-state index >= 15 is 0 Å². The van der Waals surface area contributed by atoms with E-state index in [4.69, 9.17) is 4.74 Å². The van der Waals surface area contributed by atoms with Crippen LogP contribution < -0.4 is 5.32 Å². The minimum atomic E-state index is -1.18. The van der Waals surface area contributed by atoms with Crippen LogP contribution in [0.4, 0.5) is 4.79 Å². The lowest BCUT2D eigenvalue weighted by Gasteiger charge is -2.39. The first kappa shape index (κ1) is 23.4. The number of carbonyl (C=O) groups is 3. The molecular formula is C28H32N2O5. The molecule has 0 radical (unpaired) electrons. The van der Waals surface area contributed by atoms with Crippen LogP contribution in [0.25, 0.3) is 11.1 Å². The van der Waals surface area contributed by atoms with Crippen molar-refractivity contribution < 1.29 is 24.2 Å². The Labute approximate surface area is 205 Å². The normalized spacial score (nSPS) is 22.1. The van der Waals surface area contributed by atoms with Gasteiger partial charge in [0.15, 0.2) is 0 Å². The second-order valence-electron chi connectivity index (χ2n) is 10.2. The minimum Gasteiger partial charge on any atom is -0.480 e. The number of aliphatic carboxylic acids is 1. The molecule has 3 aliphatic rings. The quantitative estimate of drug-likeness (QED) is 0.617. The van der Waals surface area contributed by atoms with Crippen LogP contribution in [0.15, 0.2) is 48.5 Å². The summed E-state index contributed by atoms with van der Waals surface area (Å²) in [5.74, 6) is -1.44. The molecule has 1 aliphatic heterocycles. The molecule has 184 valence electrons. The van der Waals surface area contributed by atoms with Crippen LogP contribution in [-0.4, -0.2) is 53.2 Å². The number of nitrogens with one attached hydrogen (secondary N) is 1. The third-order valence-corrected chi connectivity index (χ3v) is 8.21. The molecule has 2 amide bonds. The van der Waals surface area contributed by atoms with Crippen molar-refractivity contribution in [3.8, 4) is 11.1 Å². The van der Waals surface area contributed by atoms with Gasteiger partial charge in [0.2, 0.25) is 5.91 Å². The van der Waals surface area contributed by atoms with Gasteiger partial charge >= 0.3 is 12.1 Å². The Kier molecular flexibility index (Phi) is 6.26. The van der Waals surface area contributed by atoms with Crippen molar-refractivity contribution in [1.29, 1.82) is 0 Å². The van der Waals surface area contributed by atoms with Gasteiger partial charge in [0.1, 0.15) is 12.1 Å². The Morgan fingerprint density at radius 2 is 1.69 bits per heavy atom. The molecule has 2 N–H and O–H groups in total. The molecule has 0 spiro atoms. The van der Waals surface area contributed by atoms with Crippen LogP contribution in [0, 0.1) is 11.8 Å². The number of hydrogen-bond donors (Lipinski definition) is 2. The zero-order valence-corrected chi connectivity index (χ0v) is 20.0. The van der Waals surface area contributed by atoms with Crippen molar-refractivity contribution >= 4 is 18.0 Å². The third kappa shape index (κ3) is 4.17. The Morgan fingerprint density at radius 1 is 1.06 bits per heavy atom. The lowest BCUT2D eigenvalue weighted by Crippen LogP contribution is -2.55. The molecule has 7 heteroatoms. The summed E-state index contributed by atoms with van der Waals surface area (Å²) in [6, 6.07) is 16.3. The molecule has 0 aromatic heterocycles. The summed E-state index contributed by atoms with van der Waals surface area (Å²) in [5.41, 5.74) is 3.44. The Balaban J connectivity index is 1.23. The lowest BCUT2D eigenvalue weighted by molar-refractivity contribution is -0.158. The van der Waals surface area contributed by atoms with E-state index < -0.39 is 23.5 Å². The van der Waals surface area contributed by atoms with E-state index in [1.54, 1.807) is 6.92 Å². The van der Waals surface area contributed by atoms with Gasteiger partial charge in [-0.3, -0.25) is 4.79 Å². The monoisotopic (exact) mass is 476 g/mol. The second-order valence-corrected chi connectivity index (χ2v) is 10.2. The van der Waals surface area contributed by atoms with Crippen molar-refractivity contribution in [3.63, 3.8) is 0 Å². The number of carbonyl (C=O) groups excluding carboxylic acids is 2. The van der Waals surface area contributed by atoms with E-state index in [0.29, 0.717) is 19.4 Å². The van der Waals surface area contributed by atoms with Crippen molar-refractivity contribution in [2.24, 2.45) is 11.8 Å². The van der Waals surface area contributed by atoms with E-state index in [1.807, 2.05) is 24.3 Å². The van der Waals surface area contributed by atoms with Gasteiger partial charge in [0, 0.05) is 19.0 Å². The molecule has 5 rings (SSSR count). The van der Waals surface area contributed by atoms with Crippen LogP contribution >= 0.6 is 0 Å². The lowest BCUT2D eigenvalue weighted by atomic mass is 9.75. The maximum atomic E-state index is 13.4. The van der Waals surface area contributed by atoms with Crippen LogP contribution in [-0.2, 0) is 14.3 Å². The fourth-order valence-corrected chi connectivity index (χ4v) is 5.88. The molecule has 1 heterocycles. The van der Waals surface area contributed by atoms with Gasteiger partial charge in [-0.1, -0.05) is 55.0 Å². The highest BCUT2D eigenvalue weighted by molar-refractivity contribution is 5.89. The predicted molar refractivity (Wildman–Crippen MR) is 131 cm³/mol. The average Bonchev–Trinajstić information content (AvgIpc) is 3.38. The van der Waals surface area contributed by atoms with Crippen LogP contribution in [0.5, 0.6) is 0 Å². The number of hydrogen-bond acceptors (Lipinski definition) is 4. The highest BCUT2D eigenvalue weighted by Gasteiger charge is 2.49. The molecule has 2 atom stereocenters. The largest absolute Gasteiger partial charge is 0.480 e. The fourth-order valence-electron chi connectivity index (χ4n) is 5.88. The van der Waals surface area contributed by atoms with Crippen molar-refractivity contribution in [2.75, 3.05) is 19.7 Å². The summed E-state index contributed by atoms with van der Waals surface area (Å²) in [7, 11) is 0. The van der Waals surface area contributed by atoms with Crippen molar-refractivity contribution in [2.45, 2.75) is 50.5 Å². The number of ether oxygens (including phenoxy) is 1. The molecule has 2 fully saturated rings. The molecule has 2 aromatic carbocycles. The number of rotatable bonds is 7. The third-order valence-electron chi connectivity index (χ3n) is 8.21. The van der Waals surface area contributed by atoms with Gasteiger partial charge in [0.05, 0.1) is 5.92 Å². The van der Waals surface area contributed by atoms with Gasteiger partial charge in [0.25, 0.3) is 0 Å². The number of benzene rings is 2. The second kappa shape index (κ2) is 9.36. The molecule has 1 saturated heterocycles. The molecule has 0 bridgehead atoms. The van der Waals surface area contributed by atoms with Gasteiger partial charge in [-0.25, -0.2) is 9.59 Å². The van der Waals surface area contributed by atoms with E-state index in [0.717, 1.165) is 30.4 Å². The zero-order valence-electron chi connectivity index (χ0n) is 20.0. The number of likely N-dealkylation sites (tertiary alicyclic amines) is 1. The van der Waals surface area contributed by atoms with Crippen LogP contribution in [0.1, 0.15) is 56.1 Å². The van der Waals surface area contributed by atoms with Crippen LogP contribution in [0.3, 0.4) is 0 Å². The van der Waals surface area contributed by atoms with E-state index in [1.165, 1.54) is 16.0 Å². The van der Waals surface area contributed by atoms with Gasteiger partial charge in [-0.05, 0) is 60.8 Å². The van der Waals surface area contributed by atoms with E-state index in [9.17, 15) is 19.5 Å². The molecule has 7 nitrogen and oxygen atoms in total. The number of fused-ring (bicyclic) bond motifs is 3. The number of alkyl carbamates (subject to hydrolysis) is 1. The molecule has 2 aliphatic carbocycles. The van der Waals surface area contributed by atoms with E-state index in [2.05, 4.69) is 29.6 Å². The Hall–Kier alpha value is -3.35. The zero-order chi connectivity index (χ0) is 24.6. The smallest absolute Gasteiger partial charge is 0.407 e. The average molecular weight is 477 g/mol. The summed E-state index contributed by atoms with van der Waals surface area (Å²) in [6.07, 6.45) is 3.46. The Bertz CT molecular complexity index is 1100. The van der Waals surface area contributed by atoms with Gasteiger partial charge < -0.3 is 20.1 Å². The molecule has 1 saturated carbocycles. The van der Waals surface area contributed by atoms with Crippen LogP contribution in [0.2, 0.25) is 0 Å². The molecule has 35 heavy (non-hydrogen) atoms. The first-order chi connectivity index (χ1) is 16.9. The predicted octanol–water partition coefficient (Wildman–Crippen LogP) is 4.41. The summed E-state index contributed by atoms with van der Waals surface area (Å²) < 4.78 is 5.64. The molecule has 2 aromatic rings. The summed E-state index contributed by atoms with van der Waals surface area (Å²) in [4.78, 5) is 39.5. The van der Waals surface area contributed by atoms with Gasteiger partial charge in [-0.2, -0.15) is 0 Å². The maximum Gasteiger partial charge on any atom is 0.407 e. The number of amides is 2. The van der Waals surface area contributed by atoms with E-state index in [-0.39, 0.29) is 30.9 Å². The molecular weight excluding hydrogens is 444 g/mol. The summed E-state index contributed by atoms with van der Waals surface area (Å²) >= 11 is 0. The summed E-state index contributed by atoms with van der Waals surface area (Å²) in [5, 5.41) is 12.5. The topological polar surface area (TPSA) is 95.9 Å². The highest BCUT2D eigenvalue weighted by atomic mass is 16.5. The number of nitrogens with zero attached hydrogens (tertiary/aromatic N) is 1. The number of carboxylic acid groups (broad SMARTS) is 1.